The fraction of sp³-hybridized carbons (Fsp3) is 0.357. The SMILES string of the molecule is [c]1cccc2ccc(N3CCCCC3)nc12. The molecule has 2 heteroatoms. The molecule has 0 aliphatic carbocycles. The maximum Gasteiger partial charge on any atom is 0.129 e. The van der Waals surface area contributed by atoms with Gasteiger partial charge >= 0.3 is 0 Å². The Morgan fingerprint density at radius 1 is 1.06 bits per heavy atom. The van der Waals surface area contributed by atoms with E-state index in [1.807, 2.05) is 12.1 Å². The van der Waals surface area contributed by atoms with Gasteiger partial charge in [-0.2, -0.15) is 0 Å². The third-order valence-corrected chi connectivity index (χ3v) is 3.18. The number of hydrogen-bond donors (Lipinski definition) is 0. The molecule has 0 N–H and O–H groups in total. The maximum atomic E-state index is 4.67. The van der Waals surface area contributed by atoms with Crippen molar-refractivity contribution in [2.75, 3.05) is 18.0 Å². The van der Waals surface area contributed by atoms with Gasteiger partial charge in [-0.1, -0.05) is 18.2 Å². The highest BCUT2D eigenvalue weighted by Crippen LogP contribution is 2.20. The molecule has 1 saturated heterocycles. The lowest BCUT2D eigenvalue weighted by Gasteiger charge is -2.27. The summed E-state index contributed by atoms with van der Waals surface area (Å²) in [7, 11) is 0. The third-order valence-electron chi connectivity index (χ3n) is 3.18. The van der Waals surface area contributed by atoms with E-state index in [4.69, 9.17) is 0 Å². The zero-order chi connectivity index (χ0) is 10.8. The topological polar surface area (TPSA) is 16.1 Å². The fourth-order valence-corrected chi connectivity index (χ4v) is 2.29. The number of pyridine rings is 1. The highest BCUT2D eigenvalue weighted by atomic mass is 15.2. The van der Waals surface area contributed by atoms with E-state index in [2.05, 4.69) is 34.1 Å². The van der Waals surface area contributed by atoms with Gasteiger partial charge in [0, 0.05) is 24.5 Å². The molecule has 16 heavy (non-hydrogen) atoms. The molecular formula is C14H15N2. The van der Waals surface area contributed by atoms with Gasteiger partial charge in [0.25, 0.3) is 0 Å². The minimum atomic E-state index is 0.977. The highest BCUT2D eigenvalue weighted by Gasteiger charge is 2.11. The summed E-state index contributed by atoms with van der Waals surface area (Å²) >= 11 is 0. The van der Waals surface area contributed by atoms with E-state index in [1.165, 1.54) is 24.6 Å². The van der Waals surface area contributed by atoms with Gasteiger partial charge in [-0.15, -0.1) is 0 Å². The molecule has 2 aromatic rings. The van der Waals surface area contributed by atoms with Gasteiger partial charge in [-0.3, -0.25) is 0 Å². The van der Waals surface area contributed by atoms with E-state index in [0.29, 0.717) is 0 Å². The van der Waals surface area contributed by atoms with Gasteiger partial charge in [-0.25, -0.2) is 4.98 Å². The van der Waals surface area contributed by atoms with E-state index in [9.17, 15) is 0 Å². The lowest BCUT2D eigenvalue weighted by atomic mass is 10.1. The molecule has 0 amide bonds. The van der Waals surface area contributed by atoms with Crippen molar-refractivity contribution in [1.29, 1.82) is 0 Å². The number of hydrogen-bond acceptors (Lipinski definition) is 2. The zero-order valence-electron chi connectivity index (χ0n) is 9.32. The molecule has 0 unspecified atom stereocenters. The predicted molar refractivity (Wildman–Crippen MR) is 66.6 cm³/mol. The molecule has 1 fully saturated rings. The molecule has 0 saturated carbocycles. The normalized spacial score (nSPS) is 16.6. The van der Waals surface area contributed by atoms with Crippen LogP contribution >= 0.6 is 0 Å². The van der Waals surface area contributed by atoms with Crippen molar-refractivity contribution in [3.05, 3.63) is 36.4 Å². The molecule has 0 spiro atoms. The van der Waals surface area contributed by atoms with Crippen LogP contribution in [-0.2, 0) is 0 Å². The van der Waals surface area contributed by atoms with Crippen molar-refractivity contribution in [2.24, 2.45) is 0 Å². The number of aromatic nitrogens is 1. The van der Waals surface area contributed by atoms with Crippen LogP contribution in [0.3, 0.4) is 0 Å². The van der Waals surface area contributed by atoms with Crippen LogP contribution < -0.4 is 4.90 Å². The number of para-hydroxylation sites is 1. The Labute approximate surface area is 95.9 Å². The molecule has 1 aliphatic heterocycles. The van der Waals surface area contributed by atoms with Crippen LogP contribution in [0.25, 0.3) is 10.9 Å². The van der Waals surface area contributed by atoms with Crippen molar-refractivity contribution >= 4 is 16.7 Å². The summed E-state index contributed by atoms with van der Waals surface area (Å²) in [6.45, 7) is 2.29. The zero-order valence-corrected chi connectivity index (χ0v) is 9.32. The van der Waals surface area contributed by atoms with Gasteiger partial charge in [0.15, 0.2) is 0 Å². The van der Waals surface area contributed by atoms with Gasteiger partial charge in [0.2, 0.25) is 0 Å². The summed E-state index contributed by atoms with van der Waals surface area (Å²) in [6, 6.07) is 13.5. The Morgan fingerprint density at radius 2 is 1.94 bits per heavy atom. The number of benzene rings is 1. The number of piperidine rings is 1. The summed E-state index contributed by atoms with van der Waals surface area (Å²) in [5.74, 6) is 1.11. The third kappa shape index (κ3) is 1.75. The quantitative estimate of drug-likeness (QED) is 0.720. The summed E-state index contributed by atoms with van der Waals surface area (Å²) < 4.78 is 0. The molecule has 2 nitrogen and oxygen atoms in total. The average Bonchev–Trinajstić information content (AvgIpc) is 2.39. The second-order valence-electron chi connectivity index (χ2n) is 4.33. The Bertz CT molecular complexity index is 487. The van der Waals surface area contributed by atoms with Gasteiger partial charge in [-0.05, 0) is 31.4 Å². The molecule has 1 aromatic carbocycles. The maximum absolute atomic E-state index is 4.67. The number of fused-ring (bicyclic) bond motifs is 1. The first-order valence-corrected chi connectivity index (χ1v) is 5.96. The van der Waals surface area contributed by atoms with Gasteiger partial charge in [0.1, 0.15) is 5.82 Å². The summed E-state index contributed by atoms with van der Waals surface area (Å²) in [6.07, 6.45) is 3.94. The number of nitrogens with zero attached hydrogens (tertiary/aromatic N) is 2. The van der Waals surface area contributed by atoms with Crippen molar-refractivity contribution < 1.29 is 0 Å². The second kappa shape index (κ2) is 4.12. The smallest absolute Gasteiger partial charge is 0.129 e. The van der Waals surface area contributed by atoms with Crippen LogP contribution in [0, 0.1) is 6.07 Å². The number of anilines is 1. The van der Waals surface area contributed by atoms with Crippen LogP contribution in [0.15, 0.2) is 30.3 Å². The molecule has 1 radical (unpaired) electrons. The summed E-state index contributed by atoms with van der Waals surface area (Å²) in [5, 5.41) is 1.17. The van der Waals surface area contributed by atoms with E-state index in [1.54, 1.807) is 0 Å². The van der Waals surface area contributed by atoms with Crippen molar-refractivity contribution in [3.8, 4) is 0 Å². The van der Waals surface area contributed by atoms with Crippen molar-refractivity contribution in [2.45, 2.75) is 19.3 Å². The standard InChI is InChI=1S/C14H15N2/c1-4-10-16(11-5-1)14-9-8-12-6-2-3-7-13(12)15-14/h2-3,6,8-9H,1,4-5,10-11H2. The highest BCUT2D eigenvalue weighted by molar-refractivity contribution is 5.79. The summed E-state index contributed by atoms with van der Waals surface area (Å²) in [4.78, 5) is 7.05. The molecule has 1 aliphatic rings. The molecule has 0 atom stereocenters. The molecular weight excluding hydrogens is 196 g/mol. The lowest BCUT2D eigenvalue weighted by Crippen LogP contribution is -2.30. The minimum absolute atomic E-state index is 0.977. The van der Waals surface area contributed by atoms with E-state index < -0.39 is 0 Å². The van der Waals surface area contributed by atoms with E-state index in [0.717, 1.165) is 24.4 Å². The van der Waals surface area contributed by atoms with E-state index in [-0.39, 0.29) is 0 Å². The van der Waals surface area contributed by atoms with Crippen LogP contribution in [-0.4, -0.2) is 18.1 Å². The van der Waals surface area contributed by atoms with E-state index >= 15 is 0 Å². The largest absolute Gasteiger partial charge is 0.357 e. The predicted octanol–water partition coefficient (Wildman–Crippen LogP) is 3.03. The van der Waals surface area contributed by atoms with Crippen LogP contribution in [0.5, 0.6) is 0 Å². The van der Waals surface area contributed by atoms with Crippen LogP contribution in [0.4, 0.5) is 5.82 Å². The van der Waals surface area contributed by atoms with Crippen molar-refractivity contribution in [1.82, 2.24) is 4.98 Å². The first kappa shape index (κ1) is 9.64. The van der Waals surface area contributed by atoms with Gasteiger partial charge in [0.05, 0.1) is 5.52 Å². The molecule has 2 heterocycles. The monoisotopic (exact) mass is 211 g/mol. The Hall–Kier alpha value is -1.57. The molecule has 81 valence electrons. The molecule has 1 aromatic heterocycles. The fourth-order valence-electron chi connectivity index (χ4n) is 2.29. The first-order valence-electron chi connectivity index (χ1n) is 5.96. The van der Waals surface area contributed by atoms with Crippen LogP contribution in [0.2, 0.25) is 0 Å². The van der Waals surface area contributed by atoms with Crippen molar-refractivity contribution in [3.63, 3.8) is 0 Å². The van der Waals surface area contributed by atoms with Gasteiger partial charge < -0.3 is 4.90 Å². The Kier molecular flexibility index (Phi) is 2.49. The molecule has 0 bridgehead atoms. The minimum Gasteiger partial charge on any atom is -0.357 e. The first-order chi connectivity index (χ1) is 7.93. The lowest BCUT2D eigenvalue weighted by molar-refractivity contribution is 0.574. The Balaban J connectivity index is 1.97. The molecule has 3 rings (SSSR count). The average molecular weight is 211 g/mol. The summed E-state index contributed by atoms with van der Waals surface area (Å²) in [5.41, 5.74) is 0.977. The second-order valence-corrected chi connectivity index (χ2v) is 4.33. The number of rotatable bonds is 1. The van der Waals surface area contributed by atoms with Crippen LogP contribution in [0.1, 0.15) is 19.3 Å². The Morgan fingerprint density at radius 3 is 2.81 bits per heavy atom.